The summed E-state index contributed by atoms with van der Waals surface area (Å²) in [6.45, 7) is 3.25. The minimum Gasteiger partial charge on any atom is -0.449 e. The van der Waals surface area contributed by atoms with Gasteiger partial charge in [-0.1, -0.05) is 12.1 Å². The van der Waals surface area contributed by atoms with Crippen LogP contribution in [0.25, 0.3) is 0 Å². The zero-order valence-electron chi connectivity index (χ0n) is 15.6. The second-order valence-corrected chi connectivity index (χ2v) is 6.75. The number of carbonyl (C=O) groups is 3. The Balaban J connectivity index is 1.59. The van der Waals surface area contributed by atoms with Gasteiger partial charge >= 0.3 is 5.97 Å². The number of amides is 2. The number of ether oxygens (including phenoxy) is 1. The summed E-state index contributed by atoms with van der Waals surface area (Å²) in [4.78, 5) is 36.1. The molecular weight excluding hydrogens is 363 g/mol. The number of aryl methyl sites for hydroxylation is 1. The maximum atomic E-state index is 13.0. The van der Waals surface area contributed by atoms with Crippen LogP contribution in [0.3, 0.4) is 0 Å². The summed E-state index contributed by atoms with van der Waals surface area (Å²) >= 11 is 0. The van der Waals surface area contributed by atoms with Crippen molar-refractivity contribution >= 4 is 23.5 Å². The normalized spacial score (nSPS) is 15.0. The van der Waals surface area contributed by atoms with Crippen LogP contribution in [0, 0.1) is 5.82 Å². The molecule has 2 atom stereocenters. The summed E-state index contributed by atoms with van der Waals surface area (Å²) in [6.07, 6.45) is -0.0786. The van der Waals surface area contributed by atoms with Crippen molar-refractivity contribution in [2.45, 2.75) is 38.8 Å². The fraction of sp³-hybridized carbons (Fsp3) is 0.286. The van der Waals surface area contributed by atoms with Crippen molar-refractivity contribution in [1.82, 2.24) is 5.32 Å². The van der Waals surface area contributed by atoms with E-state index in [1.165, 1.54) is 19.1 Å². The van der Waals surface area contributed by atoms with E-state index in [9.17, 15) is 18.8 Å². The molecule has 0 bridgehead atoms. The lowest BCUT2D eigenvalue weighted by atomic mass is 10.0. The standard InChI is InChI=1S/C21H21FN2O4/c1-12(14-3-7-17(22)8-4-14)23-20(26)13(2)28-21(27)16-5-9-18-15(11-16)6-10-19(25)24-18/h3-5,7-9,11-13H,6,10H2,1-2H3,(H,23,26)(H,24,25)/t12-,13-/m1/s1. The lowest BCUT2D eigenvalue weighted by molar-refractivity contribution is -0.129. The van der Waals surface area contributed by atoms with E-state index in [2.05, 4.69) is 10.6 Å². The van der Waals surface area contributed by atoms with E-state index in [-0.39, 0.29) is 17.8 Å². The van der Waals surface area contributed by atoms with Crippen LogP contribution in [-0.2, 0) is 20.7 Å². The van der Waals surface area contributed by atoms with Gasteiger partial charge in [0.05, 0.1) is 11.6 Å². The molecule has 6 nitrogen and oxygen atoms in total. The Labute approximate surface area is 162 Å². The Kier molecular flexibility index (Phi) is 5.73. The van der Waals surface area contributed by atoms with Crippen LogP contribution in [0.5, 0.6) is 0 Å². The third-order valence-corrected chi connectivity index (χ3v) is 4.62. The molecule has 2 amide bonds. The molecule has 0 fully saturated rings. The monoisotopic (exact) mass is 384 g/mol. The van der Waals surface area contributed by atoms with Gasteiger partial charge in [-0.05, 0) is 61.7 Å². The van der Waals surface area contributed by atoms with E-state index in [1.807, 2.05) is 0 Å². The van der Waals surface area contributed by atoms with Gasteiger partial charge in [-0.25, -0.2) is 9.18 Å². The van der Waals surface area contributed by atoms with Gasteiger partial charge in [0.25, 0.3) is 5.91 Å². The molecule has 0 unspecified atom stereocenters. The molecule has 0 radical (unpaired) electrons. The Hall–Kier alpha value is -3.22. The van der Waals surface area contributed by atoms with Crippen molar-refractivity contribution in [2.24, 2.45) is 0 Å². The highest BCUT2D eigenvalue weighted by atomic mass is 19.1. The minimum atomic E-state index is -0.994. The van der Waals surface area contributed by atoms with Gasteiger partial charge in [0.2, 0.25) is 5.91 Å². The number of carbonyl (C=O) groups excluding carboxylic acids is 3. The molecule has 1 aliphatic rings. The summed E-state index contributed by atoms with van der Waals surface area (Å²) in [5, 5.41) is 5.49. The third kappa shape index (κ3) is 4.54. The molecule has 0 spiro atoms. The van der Waals surface area contributed by atoms with Crippen molar-refractivity contribution in [2.75, 3.05) is 5.32 Å². The van der Waals surface area contributed by atoms with E-state index in [1.54, 1.807) is 37.3 Å². The molecule has 28 heavy (non-hydrogen) atoms. The molecule has 3 rings (SSSR count). The fourth-order valence-electron chi connectivity index (χ4n) is 2.96. The number of benzene rings is 2. The first-order valence-electron chi connectivity index (χ1n) is 9.03. The van der Waals surface area contributed by atoms with Gasteiger partial charge in [0.1, 0.15) is 5.82 Å². The van der Waals surface area contributed by atoms with Gasteiger partial charge in [-0.3, -0.25) is 9.59 Å². The molecule has 1 heterocycles. The summed E-state index contributed by atoms with van der Waals surface area (Å²) in [5.41, 5.74) is 2.61. The van der Waals surface area contributed by atoms with Crippen LogP contribution >= 0.6 is 0 Å². The van der Waals surface area contributed by atoms with E-state index in [4.69, 9.17) is 4.74 Å². The maximum absolute atomic E-state index is 13.0. The second-order valence-electron chi connectivity index (χ2n) is 6.75. The topological polar surface area (TPSA) is 84.5 Å². The number of halogens is 1. The molecular formula is C21H21FN2O4. The van der Waals surface area contributed by atoms with E-state index in [0.29, 0.717) is 24.1 Å². The molecule has 0 saturated heterocycles. The number of nitrogens with one attached hydrogen (secondary N) is 2. The van der Waals surface area contributed by atoms with Crippen molar-refractivity contribution in [3.8, 4) is 0 Å². The fourth-order valence-corrected chi connectivity index (χ4v) is 2.96. The quantitative estimate of drug-likeness (QED) is 0.776. The number of hydrogen-bond donors (Lipinski definition) is 2. The van der Waals surface area contributed by atoms with Crippen LogP contribution < -0.4 is 10.6 Å². The van der Waals surface area contributed by atoms with Crippen LogP contribution in [0.1, 0.15) is 47.8 Å². The first-order valence-corrected chi connectivity index (χ1v) is 9.03. The van der Waals surface area contributed by atoms with Crippen LogP contribution in [0.4, 0.5) is 10.1 Å². The van der Waals surface area contributed by atoms with Crippen LogP contribution in [0.2, 0.25) is 0 Å². The maximum Gasteiger partial charge on any atom is 0.338 e. The lowest BCUT2D eigenvalue weighted by Gasteiger charge is -2.19. The van der Waals surface area contributed by atoms with Gasteiger partial charge in [0, 0.05) is 12.1 Å². The average molecular weight is 384 g/mol. The highest BCUT2D eigenvalue weighted by Gasteiger charge is 2.22. The molecule has 2 N–H and O–H groups in total. The first-order chi connectivity index (χ1) is 13.3. The largest absolute Gasteiger partial charge is 0.449 e. The SMILES string of the molecule is C[C@@H](OC(=O)c1ccc2c(c1)CCC(=O)N2)C(=O)N[C@H](C)c1ccc(F)cc1. The highest BCUT2D eigenvalue weighted by Crippen LogP contribution is 2.24. The molecule has 7 heteroatoms. The lowest BCUT2D eigenvalue weighted by Crippen LogP contribution is -2.37. The van der Waals surface area contributed by atoms with Crippen molar-refractivity contribution in [3.63, 3.8) is 0 Å². The van der Waals surface area contributed by atoms with E-state index in [0.717, 1.165) is 11.1 Å². The van der Waals surface area contributed by atoms with Crippen molar-refractivity contribution in [1.29, 1.82) is 0 Å². The zero-order chi connectivity index (χ0) is 20.3. The van der Waals surface area contributed by atoms with Gasteiger partial charge in [0.15, 0.2) is 6.10 Å². The summed E-state index contributed by atoms with van der Waals surface area (Å²) in [7, 11) is 0. The molecule has 0 aliphatic carbocycles. The van der Waals surface area contributed by atoms with Gasteiger partial charge in [-0.15, -0.1) is 0 Å². The summed E-state index contributed by atoms with van der Waals surface area (Å²) in [6, 6.07) is 10.3. The van der Waals surface area contributed by atoms with Crippen LogP contribution in [0.15, 0.2) is 42.5 Å². The van der Waals surface area contributed by atoms with Crippen molar-refractivity contribution in [3.05, 3.63) is 65.0 Å². The van der Waals surface area contributed by atoms with E-state index >= 15 is 0 Å². The molecule has 0 saturated carbocycles. The second kappa shape index (κ2) is 8.21. The average Bonchev–Trinajstić information content (AvgIpc) is 2.67. The number of hydrogen-bond acceptors (Lipinski definition) is 4. The Morgan fingerprint density at radius 2 is 1.82 bits per heavy atom. The number of rotatable bonds is 5. The Morgan fingerprint density at radius 3 is 2.54 bits per heavy atom. The van der Waals surface area contributed by atoms with Gasteiger partial charge < -0.3 is 15.4 Å². The Bertz CT molecular complexity index is 911. The van der Waals surface area contributed by atoms with E-state index < -0.39 is 18.0 Å². The highest BCUT2D eigenvalue weighted by molar-refractivity contribution is 5.96. The molecule has 2 aromatic carbocycles. The minimum absolute atomic E-state index is 0.0524. The zero-order valence-corrected chi connectivity index (χ0v) is 15.6. The predicted molar refractivity (Wildman–Crippen MR) is 101 cm³/mol. The number of esters is 1. The third-order valence-electron chi connectivity index (χ3n) is 4.62. The number of anilines is 1. The summed E-state index contributed by atoms with van der Waals surface area (Å²) in [5.74, 6) is -1.47. The summed E-state index contributed by atoms with van der Waals surface area (Å²) < 4.78 is 18.3. The predicted octanol–water partition coefficient (Wildman–Crippen LogP) is 3.13. The smallest absolute Gasteiger partial charge is 0.338 e. The molecule has 0 aromatic heterocycles. The molecule has 146 valence electrons. The van der Waals surface area contributed by atoms with Crippen molar-refractivity contribution < 1.29 is 23.5 Å². The van der Waals surface area contributed by atoms with Crippen LogP contribution in [-0.4, -0.2) is 23.9 Å². The molecule has 1 aliphatic heterocycles. The van der Waals surface area contributed by atoms with Gasteiger partial charge in [-0.2, -0.15) is 0 Å². The Morgan fingerprint density at radius 1 is 1.11 bits per heavy atom. The number of fused-ring (bicyclic) bond motifs is 1. The first kappa shape index (κ1) is 19.5. The molecule has 2 aromatic rings.